The van der Waals surface area contributed by atoms with E-state index in [1.165, 1.54) is 12.1 Å². The summed E-state index contributed by atoms with van der Waals surface area (Å²) >= 11 is 0. The van der Waals surface area contributed by atoms with E-state index in [2.05, 4.69) is 20.8 Å². The van der Waals surface area contributed by atoms with Crippen LogP contribution in [0.3, 0.4) is 0 Å². The largest absolute Gasteiger partial charge is 0.349 e. The minimum Gasteiger partial charge on any atom is -0.349 e. The van der Waals surface area contributed by atoms with Crippen molar-refractivity contribution in [3.8, 4) is 11.3 Å². The van der Waals surface area contributed by atoms with Crippen molar-refractivity contribution in [3.63, 3.8) is 0 Å². The lowest BCUT2D eigenvalue weighted by atomic mass is 10.1. The molecule has 6 heteroatoms. The fourth-order valence-corrected chi connectivity index (χ4v) is 2.52. The van der Waals surface area contributed by atoms with Crippen LogP contribution in [0.2, 0.25) is 0 Å². The van der Waals surface area contributed by atoms with Crippen LogP contribution in [0.5, 0.6) is 0 Å². The van der Waals surface area contributed by atoms with E-state index < -0.39 is 0 Å². The molecule has 2 N–H and O–H groups in total. The van der Waals surface area contributed by atoms with Gasteiger partial charge in [-0.3, -0.25) is 4.79 Å². The molecule has 4 rings (SSSR count). The van der Waals surface area contributed by atoms with Gasteiger partial charge in [0.1, 0.15) is 5.82 Å². The summed E-state index contributed by atoms with van der Waals surface area (Å²) in [5, 5.41) is 14.4. The van der Waals surface area contributed by atoms with Crippen molar-refractivity contribution in [2.24, 2.45) is 0 Å². The molecule has 0 saturated heterocycles. The summed E-state index contributed by atoms with van der Waals surface area (Å²) < 4.78 is 13.0. The topological polar surface area (TPSA) is 66.9 Å². The average Bonchev–Trinajstić information content (AvgIpc) is 3.48. The lowest BCUT2D eigenvalue weighted by molar-refractivity contribution is 0.0951. The van der Waals surface area contributed by atoms with Gasteiger partial charge < -0.3 is 10.6 Å². The van der Waals surface area contributed by atoms with Crippen LogP contribution in [0.1, 0.15) is 23.2 Å². The molecule has 0 radical (unpaired) electrons. The van der Waals surface area contributed by atoms with E-state index in [-0.39, 0.29) is 11.7 Å². The van der Waals surface area contributed by atoms with Gasteiger partial charge in [-0.05, 0) is 73.5 Å². The molecule has 2 aromatic carbocycles. The Morgan fingerprint density at radius 3 is 2.27 bits per heavy atom. The first-order chi connectivity index (χ1) is 12.7. The Morgan fingerprint density at radius 2 is 1.65 bits per heavy atom. The number of benzene rings is 2. The SMILES string of the molecule is O=C(NC1CC1)c1ccc(Nc2ccc(-c3ccc(F)cc3)nn2)cc1. The van der Waals surface area contributed by atoms with E-state index >= 15 is 0 Å². The Kier molecular flexibility index (Phi) is 4.31. The normalized spacial score (nSPS) is 13.3. The van der Waals surface area contributed by atoms with Gasteiger partial charge in [-0.1, -0.05) is 0 Å². The van der Waals surface area contributed by atoms with Crippen LogP contribution in [0.15, 0.2) is 60.7 Å². The van der Waals surface area contributed by atoms with E-state index in [0.717, 1.165) is 24.1 Å². The average molecular weight is 348 g/mol. The minimum absolute atomic E-state index is 0.0394. The van der Waals surface area contributed by atoms with Crippen molar-refractivity contribution < 1.29 is 9.18 Å². The second-order valence-corrected chi connectivity index (χ2v) is 6.26. The number of carbonyl (C=O) groups excluding carboxylic acids is 1. The third-order valence-electron chi connectivity index (χ3n) is 4.14. The molecule has 3 aromatic rings. The van der Waals surface area contributed by atoms with Crippen LogP contribution in [0, 0.1) is 5.82 Å². The standard InChI is InChI=1S/C20H17FN4O/c21-15-5-1-13(2-6-15)18-11-12-19(25-24-18)22-16-7-3-14(4-8-16)20(26)23-17-9-10-17/h1-8,11-12,17H,9-10H2,(H,22,25)(H,23,26). The highest BCUT2D eigenvalue weighted by Gasteiger charge is 2.23. The molecule has 5 nitrogen and oxygen atoms in total. The number of nitrogens with one attached hydrogen (secondary N) is 2. The Hall–Kier alpha value is -3.28. The first-order valence-electron chi connectivity index (χ1n) is 8.45. The third kappa shape index (κ3) is 3.85. The van der Waals surface area contributed by atoms with Crippen LogP contribution in [0.4, 0.5) is 15.9 Å². The van der Waals surface area contributed by atoms with Crippen LogP contribution in [0.25, 0.3) is 11.3 Å². The van der Waals surface area contributed by atoms with E-state index in [0.29, 0.717) is 23.1 Å². The highest BCUT2D eigenvalue weighted by molar-refractivity contribution is 5.94. The van der Waals surface area contributed by atoms with Gasteiger partial charge >= 0.3 is 0 Å². The molecule has 1 heterocycles. The second-order valence-electron chi connectivity index (χ2n) is 6.26. The maximum Gasteiger partial charge on any atom is 0.251 e. The zero-order chi connectivity index (χ0) is 17.9. The first kappa shape index (κ1) is 16.2. The lowest BCUT2D eigenvalue weighted by Gasteiger charge is -2.07. The maximum absolute atomic E-state index is 13.0. The molecule has 130 valence electrons. The Morgan fingerprint density at radius 1 is 0.923 bits per heavy atom. The number of anilines is 2. The monoisotopic (exact) mass is 348 g/mol. The molecule has 0 spiro atoms. The predicted octanol–water partition coefficient (Wildman–Crippen LogP) is 3.92. The molecular formula is C20H17FN4O. The van der Waals surface area contributed by atoms with Crippen LogP contribution in [-0.2, 0) is 0 Å². The number of hydrogen-bond donors (Lipinski definition) is 2. The zero-order valence-electron chi connectivity index (χ0n) is 13.9. The molecule has 0 bridgehead atoms. The molecule has 1 amide bonds. The maximum atomic E-state index is 13.0. The Labute approximate surface area is 150 Å². The van der Waals surface area contributed by atoms with Crippen molar-refractivity contribution in [1.82, 2.24) is 15.5 Å². The molecule has 0 aliphatic heterocycles. The van der Waals surface area contributed by atoms with Gasteiger partial charge in [-0.15, -0.1) is 10.2 Å². The van der Waals surface area contributed by atoms with E-state index in [1.807, 2.05) is 18.2 Å². The second kappa shape index (κ2) is 6.92. The van der Waals surface area contributed by atoms with E-state index in [4.69, 9.17) is 0 Å². The van der Waals surface area contributed by atoms with Crippen molar-refractivity contribution in [3.05, 3.63) is 72.0 Å². The molecule has 1 fully saturated rings. The van der Waals surface area contributed by atoms with Crippen molar-refractivity contribution in [2.75, 3.05) is 5.32 Å². The minimum atomic E-state index is -0.283. The fraction of sp³-hybridized carbons (Fsp3) is 0.150. The summed E-state index contributed by atoms with van der Waals surface area (Å²) in [6, 6.07) is 17.3. The number of carbonyl (C=O) groups is 1. The summed E-state index contributed by atoms with van der Waals surface area (Å²) in [4.78, 5) is 12.0. The zero-order valence-corrected chi connectivity index (χ0v) is 13.9. The first-order valence-corrected chi connectivity index (χ1v) is 8.45. The van der Waals surface area contributed by atoms with Gasteiger partial charge in [0, 0.05) is 22.9 Å². The number of nitrogens with zero attached hydrogens (tertiary/aromatic N) is 2. The van der Waals surface area contributed by atoms with Gasteiger partial charge in [-0.25, -0.2) is 4.39 Å². The van der Waals surface area contributed by atoms with Crippen molar-refractivity contribution in [1.29, 1.82) is 0 Å². The van der Waals surface area contributed by atoms with Crippen LogP contribution >= 0.6 is 0 Å². The molecule has 26 heavy (non-hydrogen) atoms. The lowest BCUT2D eigenvalue weighted by Crippen LogP contribution is -2.25. The van der Waals surface area contributed by atoms with Gasteiger partial charge in [0.15, 0.2) is 5.82 Å². The molecule has 0 unspecified atom stereocenters. The smallest absolute Gasteiger partial charge is 0.251 e. The number of rotatable bonds is 5. The molecule has 1 saturated carbocycles. The van der Waals surface area contributed by atoms with E-state index in [1.54, 1.807) is 30.3 Å². The number of halogens is 1. The summed E-state index contributed by atoms with van der Waals surface area (Å²) in [7, 11) is 0. The fourth-order valence-electron chi connectivity index (χ4n) is 2.52. The van der Waals surface area contributed by atoms with E-state index in [9.17, 15) is 9.18 Å². The summed E-state index contributed by atoms with van der Waals surface area (Å²) in [6.07, 6.45) is 2.13. The van der Waals surface area contributed by atoms with Crippen LogP contribution in [-0.4, -0.2) is 22.1 Å². The Bertz CT molecular complexity index is 904. The quantitative estimate of drug-likeness (QED) is 0.733. The van der Waals surface area contributed by atoms with Crippen molar-refractivity contribution in [2.45, 2.75) is 18.9 Å². The van der Waals surface area contributed by atoms with Gasteiger partial charge in [-0.2, -0.15) is 0 Å². The molecule has 0 atom stereocenters. The summed E-state index contributed by atoms with van der Waals surface area (Å²) in [6.45, 7) is 0. The van der Waals surface area contributed by atoms with Crippen molar-refractivity contribution >= 4 is 17.4 Å². The molecule has 1 aliphatic rings. The molecule has 1 aliphatic carbocycles. The van der Waals surface area contributed by atoms with Gasteiger partial charge in [0.2, 0.25) is 0 Å². The molecular weight excluding hydrogens is 331 g/mol. The van der Waals surface area contributed by atoms with Gasteiger partial charge in [0.05, 0.1) is 5.69 Å². The number of amides is 1. The van der Waals surface area contributed by atoms with Crippen LogP contribution < -0.4 is 10.6 Å². The highest BCUT2D eigenvalue weighted by Crippen LogP contribution is 2.21. The number of hydrogen-bond acceptors (Lipinski definition) is 4. The Balaban J connectivity index is 1.42. The van der Waals surface area contributed by atoms with Gasteiger partial charge in [0.25, 0.3) is 5.91 Å². The third-order valence-corrected chi connectivity index (χ3v) is 4.14. The predicted molar refractivity (Wildman–Crippen MR) is 97.6 cm³/mol. The summed E-state index contributed by atoms with van der Waals surface area (Å²) in [5.74, 6) is 0.266. The highest BCUT2D eigenvalue weighted by atomic mass is 19.1. The molecule has 1 aromatic heterocycles. The number of aromatic nitrogens is 2. The summed E-state index contributed by atoms with van der Waals surface area (Å²) in [5.41, 5.74) is 2.93.